The van der Waals surface area contributed by atoms with Crippen LogP contribution in [0.4, 0.5) is 5.69 Å². The van der Waals surface area contributed by atoms with Crippen molar-refractivity contribution in [2.45, 2.75) is 11.3 Å². The van der Waals surface area contributed by atoms with Gasteiger partial charge >= 0.3 is 0 Å². The van der Waals surface area contributed by atoms with Crippen molar-refractivity contribution in [3.8, 4) is 0 Å². The number of nitrogens with zero attached hydrogens (tertiary/aromatic N) is 1. The highest BCUT2D eigenvalue weighted by molar-refractivity contribution is 7.92. The van der Waals surface area contributed by atoms with Gasteiger partial charge in [-0.1, -0.05) is 23.2 Å². The Balaban J connectivity index is 1.93. The van der Waals surface area contributed by atoms with E-state index in [0.717, 1.165) is 0 Å². The number of sulfonamides is 1. The summed E-state index contributed by atoms with van der Waals surface area (Å²) < 4.78 is 27.6. The van der Waals surface area contributed by atoms with Gasteiger partial charge in [0.25, 0.3) is 10.0 Å². The van der Waals surface area contributed by atoms with Crippen molar-refractivity contribution in [1.82, 2.24) is 15.5 Å². The highest BCUT2D eigenvalue weighted by Gasteiger charge is 2.17. The van der Waals surface area contributed by atoms with Crippen LogP contribution in [-0.2, 0) is 21.2 Å². The second kappa shape index (κ2) is 7.14. The Morgan fingerprint density at radius 1 is 1.15 bits per heavy atom. The van der Waals surface area contributed by atoms with Gasteiger partial charge in [-0.25, -0.2) is 8.42 Å². The fraction of sp³-hybridized carbons (Fsp3) is 0.125. The van der Waals surface area contributed by atoms with E-state index >= 15 is 0 Å². The highest BCUT2D eigenvalue weighted by atomic mass is 35.5. The predicted octanol–water partition coefficient (Wildman–Crippen LogP) is 2.96. The molecule has 0 aliphatic rings. The first kappa shape index (κ1) is 18.5. The van der Waals surface area contributed by atoms with Crippen molar-refractivity contribution in [3.63, 3.8) is 0 Å². The molecule has 10 heteroatoms. The maximum Gasteiger partial charge on any atom is 0.261 e. The number of fused-ring (bicyclic) bond motifs is 1. The van der Waals surface area contributed by atoms with E-state index in [4.69, 9.17) is 23.2 Å². The molecule has 3 N–H and O–H groups in total. The number of benzene rings is 2. The number of aromatic amines is 1. The van der Waals surface area contributed by atoms with Crippen LogP contribution >= 0.6 is 23.2 Å². The van der Waals surface area contributed by atoms with Gasteiger partial charge in [0.2, 0.25) is 5.91 Å². The second-order valence-corrected chi connectivity index (χ2v) is 7.96. The fourth-order valence-corrected chi connectivity index (χ4v) is 3.81. The van der Waals surface area contributed by atoms with Crippen molar-refractivity contribution in [1.29, 1.82) is 0 Å². The van der Waals surface area contributed by atoms with Crippen LogP contribution in [0.3, 0.4) is 0 Å². The van der Waals surface area contributed by atoms with Crippen LogP contribution in [0.15, 0.2) is 41.3 Å². The van der Waals surface area contributed by atoms with Gasteiger partial charge in [0, 0.05) is 18.1 Å². The zero-order valence-electron chi connectivity index (χ0n) is 13.5. The van der Waals surface area contributed by atoms with Crippen molar-refractivity contribution in [2.75, 3.05) is 11.8 Å². The number of likely N-dealkylation sites (N-methyl/N-ethyl adjacent to an activating group) is 1. The molecule has 7 nitrogen and oxygen atoms in total. The van der Waals surface area contributed by atoms with Crippen LogP contribution in [-0.4, -0.2) is 31.6 Å². The second-order valence-electron chi connectivity index (χ2n) is 5.47. The molecule has 136 valence electrons. The van der Waals surface area contributed by atoms with Crippen LogP contribution < -0.4 is 10.0 Å². The Morgan fingerprint density at radius 3 is 2.62 bits per heavy atom. The van der Waals surface area contributed by atoms with Gasteiger partial charge in [-0.2, -0.15) is 5.10 Å². The van der Waals surface area contributed by atoms with Crippen LogP contribution in [0.5, 0.6) is 0 Å². The van der Waals surface area contributed by atoms with Crippen LogP contribution in [0.25, 0.3) is 10.9 Å². The lowest BCUT2D eigenvalue weighted by molar-refractivity contribution is -0.119. The molecule has 2 aromatic carbocycles. The Kier molecular flexibility index (Phi) is 5.08. The molecular formula is C16H14Cl2N4O3S. The van der Waals surface area contributed by atoms with Crippen molar-refractivity contribution >= 4 is 55.7 Å². The summed E-state index contributed by atoms with van der Waals surface area (Å²) in [6.07, 6.45) is 0.107. The standard InChI is InChI=1S/C16H14Cl2N4O3S/c1-19-16(23)8-15-11-6-9(2-5-14(11)20-21-15)22-26(24,25)10-3-4-12(17)13(18)7-10/h2-7,22H,8H2,1H3,(H,19,23)(H,20,21). The molecule has 0 aliphatic heterocycles. The Morgan fingerprint density at radius 2 is 1.92 bits per heavy atom. The zero-order chi connectivity index (χ0) is 18.9. The minimum absolute atomic E-state index is 0.00947. The summed E-state index contributed by atoms with van der Waals surface area (Å²) in [5.74, 6) is -0.183. The van der Waals surface area contributed by atoms with Gasteiger partial charge < -0.3 is 5.32 Å². The first-order valence-corrected chi connectivity index (χ1v) is 9.69. The average molecular weight is 413 g/mol. The fourth-order valence-electron chi connectivity index (χ4n) is 2.37. The van der Waals surface area contributed by atoms with Gasteiger partial charge in [0.1, 0.15) is 0 Å². The van der Waals surface area contributed by atoms with Gasteiger partial charge in [0.15, 0.2) is 0 Å². The molecular weight excluding hydrogens is 399 g/mol. The molecule has 3 aromatic rings. The first-order chi connectivity index (χ1) is 12.3. The number of carbonyl (C=O) groups excluding carboxylic acids is 1. The highest BCUT2D eigenvalue weighted by Crippen LogP contribution is 2.27. The molecule has 1 heterocycles. The predicted molar refractivity (Wildman–Crippen MR) is 101 cm³/mol. The number of aromatic nitrogens is 2. The molecule has 0 radical (unpaired) electrons. The number of nitrogens with one attached hydrogen (secondary N) is 3. The molecule has 0 aliphatic carbocycles. The van der Waals surface area contributed by atoms with Crippen LogP contribution in [0, 0.1) is 0 Å². The Hall–Kier alpha value is -2.29. The lowest BCUT2D eigenvalue weighted by Crippen LogP contribution is -2.20. The van der Waals surface area contributed by atoms with Gasteiger partial charge in [-0.3, -0.25) is 14.6 Å². The van der Waals surface area contributed by atoms with Gasteiger partial charge in [0.05, 0.1) is 32.6 Å². The number of rotatable bonds is 5. The van der Waals surface area contributed by atoms with Crippen LogP contribution in [0.1, 0.15) is 5.69 Å². The van der Waals surface area contributed by atoms with Crippen LogP contribution in [0.2, 0.25) is 10.0 Å². The molecule has 0 saturated heterocycles. The van der Waals surface area contributed by atoms with E-state index in [1.54, 1.807) is 18.2 Å². The van der Waals surface area contributed by atoms with E-state index in [9.17, 15) is 13.2 Å². The molecule has 1 aromatic heterocycles. The number of amides is 1. The maximum absolute atomic E-state index is 12.5. The molecule has 0 saturated carbocycles. The number of carbonyl (C=O) groups is 1. The monoisotopic (exact) mass is 412 g/mol. The van der Waals surface area contributed by atoms with Crippen molar-refractivity contribution in [2.24, 2.45) is 0 Å². The number of anilines is 1. The summed E-state index contributed by atoms with van der Waals surface area (Å²) in [6, 6.07) is 8.92. The molecule has 26 heavy (non-hydrogen) atoms. The minimum atomic E-state index is -3.85. The summed E-state index contributed by atoms with van der Waals surface area (Å²) in [6.45, 7) is 0. The molecule has 0 atom stereocenters. The van der Waals surface area contributed by atoms with E-state index in [1.165, 1.54) is 25.2 Å². The molecule has 0 unspecified atom stereocenters. The SMILES string of the molecule is CNC(=O)Cc1[nH]nc2ccc(NS(=O)(=O)c3ccc(Cl)c(Cl)c3)cc12. The quantitative estimate of drug-likeness (QED) is 0.598. The van der Waals surface area contributed by atoms with E-state index in [1.807, 2.05) is 0 Å². The normalized spacial score (nSPS) is 11.5. The number of H-pyrrole nitrogens is 1. The number of hydrogen-bond donors (Lipinski definition) is 3. The Labute approximate surface area is 159 Å². The number of halogens is 2. The first-order valence-electron chi connectivity index (χ1n) is 7.45. The summed E-state index contributed by atoms with van der Waals surface area (Å²) in [4.78, 5) is 11.6. The minimum Gasteiger partial charge on any atom is -0.359 e. The summed E-state index contributed by atoms with van der Waals surface area (Å²) in [7, 11) is -2.31. The van der Waals surface area contributed by atoms with Crippen molar-refractivity contribution < 1.29 is 13.2 Å². The van der Waals surface area contributed by atoms with E-state index in [2.05, 4.69) is 20.2 Å². The molecule has 0 fully saturated rings. The lowest BCUT2D eigenvalue weighted by atomic mass is 10.1. The molecule has 0 spiro atoms. The third kappa shape index (κ3) is 3.77. The lowest BCUT2D eigenvalue weighted by Gasteiger charge is -2.09. The smallest absolute Gasteiger partial charge is 0.261 e. The van der Waals surface area contributed by atoms with Gasteiger partial charge in [-0.05, 0) is 36.4 Å². The molecule has 0 bridgehead atoms. The van der Waals surface area contributed by atoms with E-state index in [-0.39, 0.29) is 27.3 Å². The summed E-state index contributed by atoms with van der Waals surface area (Å²) in [5.41, 5.74) is 1.56. The molecule has 1 amide bonds. The van der Waals surface area contributed by atoms with Gasteiger partial charge in [-0.15, -0.1) is 0 Å². The largest absolute Gasteiger partial charge is 0.359 e. The third-order valence-corrected chi connectivity index (χ3v) is 5.82. The zero-order valence-corrected chi connectivity index (χ0v) is 15.8. The van der Waals surface area contributed by atoms with E-state index in [0.29, 0.717) is 22.3 Å². The molecule has 3 rings (SSSR count). The Bertz CT molecular complexity index is 1100. The third-order valence-electron chi connectivity index (χ3n) is 3.70. The van der Waals surface area contributed by atoms with E-state index < -0.39 is 10.0 Å². The number of hydrogen-bond acceptors (Lipinski definition) is 4. The average Bonchev–Trinajstić information content (AvgIpc) is 2.99. The summed E-state index contributed by atoms with van der Waals surface area (Å²) in [5, 5.41) is 10.5. The maximum atomic E-state index is 12.5. The van der Waals surface area contributed by atoms with Crippen molar-refractivity contribution in [3.05, 3.63) is 52.1 Å². The summed E-state index contributed by atoms with van der Waals surface area (Å²) >= 11 is 11.7. The topological polar surface area (TPSA) is 104 Å².